The number of aryl methyl sites for hydroxylation is 2. The summed E-state index contributed by atoms with van der Waals surface area (Å²) in [5, 5.41) is 23.6. The Kier molecular flexibility index (Phi) is 4.96. The molecule has 0 unspecified atom stereocenters. The lowest BCUT2D eigenvalue weighted by Crippen LogP contribution is -2.21. The van der Waals surface area contributed by atoms with E-state index in [9.17, 15) is 10.4 Å². The predicted octanol–water partition coefficient (Wildman–Crippen LogP) is 5.28. The van der Waals surface area contributed by atoms with Crippen molar-refractivity contribution in [1.82, 2.24) is 9.38 Å². The quantitative estimate of drug-likeness (QED) is 0.623. The smallest absolute Gasteiger partial charge is 0.147 e. The van der Waals surface area contributed by atoms with Crippen molar-refractivity contribution in [2.45, 2.75) is 65.8 Å². The number of phenolic OH excluding ortho intramolecular Hbond substituents is 1. The Morgan fingerprint density at radius 2 is 2.00 bits per heavy atom. The lowest BCUT2D eigenvalue weighted by Gasteiger charge is -2.21. The average molecular weight is 389 g/mol. The number of aromatic nitrogens is 2. The van der Waals surface area contributed by atoms with Crippen molar-refractivity contribution >= 4 is 11.5 Å². The van der Waals surface area contributed by atoms with Gasteiger partial charge in [-0.25, -0.2) is 4.98 Å². The van der Waals surface area contributed by atoms with Crippen LogP contribution in [-0.2, 0) is 12.8 Å². The van der Waals surface area contributed by atoms with Crippen LogP contribution in [0.2, 0.25) is 0 Å². The molecule has 2 N–H and O–H groups in total. The van der Waals surface area contributed by atoms with Gasteiger partial charge in [-0.2, -0.15) is 5.26 Å². The molecule has 2 heterocycles. The number of rotatable bonds is 5. The first-order valence-corrected chi connectivity index (χ1v) is 10.5. The third kappa shape index (κ3) is 3.04. The van der Waals surface area contributed by atoms with Gasteiger partial charge in [0.1, 0.15) is 29.0 Å². The molecule has 5 nitrogen and oxygen atoms in total. The lowest BCUT2D eigenvalue weighted by atomic mass is 9.98. The molecule has 0 amide bonds. The molecule has 3 aromatic rings. The molecule has 29 heavy (non-hydrogen) atoms. The van der Waals surface area contributed by atoms with Crippen LogP contribution in [0.4, 0.5) is 5.82 Å². The highest BCUT2D eigenvalue weighted by Gasteiger charge is 2.27. The van der Waals surface area contributed by atoms with Gasteiger partial charge in [0, 0.05) is 22.9 Å². The van der Waals surface area contributed by atoms with Gasteiger partial charge in [-0.1, -0.05) is 19.9 Å². The van der Waals surface area contributed by atoms with E-state index in [0.29, 0.717) is 11.7 Å². The van der Waals surface area contributed by atoms with Crippen LogP contribution in [0.3, 0.4) is 0 Å². The highest BCUT2D eigenvalue weighted by atomic mass is 16.3. The number of nitrogens with zero attached hydrogens (tertiary/aromatic N) is 3. The Hall–Kier alpha value is -3.00. The summed E-state index contributed by atoms with van der Waals surface area (Å²) in [4.78, 5) is 5.05. The zero-order valence-corrected chi connectivity index (χ0v) is 17.6. The fraction of sp³-hybridized carbons (Fsp3) is 0.417. The number of aromatic hydroxyl groups is 1. The first kappa shape index (κ1) is 19.3. The molecule has 0 saturated heterocycles. The lowest BCUT2D eigenvalue weighted by molar-refractivity contribution is 0.475. The van der Waals surface area contributed by atoms with Crippen molar-refractivity contribution in [2.24, 2.45) is 0 Å². The molecule has 1 aliphatic rings. The summed E-state index contributed by atoms with van der Waals surface area (Å²) in [5.41, 5.74) is 7.78. The molecule has 2 aromatic heterocycles. The van der Waals surface area contributed by atoms with Crippen LogP contribution in [0.15, 0.2) is 18.2 Å². The second-order valence-corrected chi connectivity index (χ2v) is 8.02. The Morgan fingerprint density at radius 3 is 2.66 bits per heavy atom. The standard InChI is InChI=1S/C24H28N4O/c1-5-16(6-2)26-23-19-8-7-9-20(19)27-24-22(15(4)21(13-25)28(23)24)18-11-10-17(29)12-14(18)3/h10-12,16,26,29H,5-9H2,1-4H3. The zero-order valence-electron chi connectivity index (χ0n) is 17.6. The number of nitrogens with one attached hydrogen (secondary N) is 1. The summed E-state index contributed by atoms with van der Waals surface area (Å²) in [6.07, 6.45) is 5.13. The summed E-state index contributed by atoms with van der Waals surface area (Å²) < 4.78 is 2.04. The van der Waals surface area contributed by atoms with Gasteiger partial charge in [-0.15, -0.1) is 0 Å². The number of hydrogen-bond donors (Lipinski definition) is 2. The monoisotopic (exact) mass is 388 g/mol. The van der Waals surface area contributed by atoms with Crippen molar-refractivity contribution < 1.29 is 5.11 Å². The minimum Gasteiger partial charge on any atom is -0.508 e. The Bertz CT molecular complexity index is 1130. The van der Waals surface area contributed by atoms with Crippen LogP contribution >= 0.6 is 0 Å². The number of hydrogen-bond acceptors (Lipinski definition) is 4. The van der Waals surface area contributed by atoms with Gasteiger partial charge in [0.15, 0.2) is 0 Å². The van der Waals surface area contributed by atoms with Crippen molar-refractivity contribution in [3.05, 3.63) is 46.3 Å². The molecule has 5 heteroatoms. The summed E-state index contributed by atoms with van der Waals surface area (Å²) in [5.74, 6) is 1.29. The third-order valence-electron chi connectivity index (χ3n) is 6.24. The van der Waals surface area contributed by atoms with Gasteiger partial charge in [-0.05, 0) is 74.8 Å². The van der Waals surface area contributed by atoms with Crippen LogP contribution in [0.5, 0.6) is 5.75 Å². The molecule has 0 saturated carbocycles. The second kappa shape index (κ2) is 7.44. The number of phenols is 1. The van der Waals surface area contributed by atoms with E-state index in [4.69, 9.17) is 4.98 Å². The van der Waals surface area contributed by atoms with E-state index in [1.54, 1.807) is 12.1 Å². The second-order valence-electron chi connectivity index (χ2n) is 8.02. The average Bonchev–Trinajstić information content (AvgIpc) is 3.28. The first-order valence-electron chi connectivity index (χ1n) is 10.5. The Morgan fingerprint density at radius 1 is 1.24 bits per heavy atom. The molecular formula is C24H28N4O. The molecule has 1 aromatic carbocycles. The molecule has 0 aliphatic heterocycles. The number of nitriles is 1. The van der Waals surface area contributed by atoms with Gasteiger partial charge < -0.3 is 10.4 Å². The molecule has 0 spiro atoms. The molecule has 0 atom stereocenters. The van der Waals surface area contributed by atoms with Crippen LogP contribution in [0, 0.1) is 25.2 Å². The van der Waals surface area contributed by atoms with Crippen molar-refractivity contribution in [3.8, 4) is 22.9 Å². The van der Waals surface area contributed by atoms with Gasteiger partial charge >= 0.3 is 0 Å². The number of anilines is 1. The van der Waals surface area contributed by atoms with Gasteiger partial charge in [-0.3, -0.25) is 4.40 Å². The summed E-state index contributed by atoms with van der Waals surface area (Å²) >= 11 is 0. The molecule has 0 radical (unpaired) electrons. The highest BCUT2D eigenvalue weighted by molar-refractivity contribution is 5.87. The van der Waals surface area contributed by atoms with Crippen molar-refractivity contribution in [3.63, 3.8) is 0 Å². The van der Waals surface area contributed by atoms with Crippen molar-refractivity contribution in [1.29, 1.82) is 5.26 Å². The minimum atomic E-state index is 0.248. The highest BCUT2D eigenvalue weighted by Crippen LogP contribution is 2.39. The maximum Gasteiger partial charge on any atom is 0.147 e. The largest absolute Gasteiger partial charge is 0.508 e. The van der Waals surface area contributed by atoms with E-state index in [1.807, 2.05) is 24.3 Å². The topological polar surface area (TPSA) is 73.3 Å². The Balaban J connectivity index is 2.08. The third-order valence-corrected chi connectivity index (χ3v) is 6.24. The van der Waals surface area contributed by atoms with Gasteiger partial charge in [0.2, 0.25) is 0 Å². The van der Waals surface area contributed by atoms with E-state index in [-0.39, 0.29) is 5.75 Å². The van der Waals surface area contributed by atoms with Gasteiger partial charge in [0.05, 0.1) is 0 Å². The normalized spacial score (nSPS) is 13.1. The summed E-state index contributed by atoms with van der Waals surface area (Å²) in [6, 6.07) is 8.19. The SMILES string of the molecule is CCC(CC)Nc1c2c(nc3c(-c4ccc(O)cc4C)c(C)c(C#N)n13)CCC2. The van der Waals surface area contributed by atoms with Crippen LogP contribution in [0.1, 0.15) is 61.2 Å². The van der Waals surface area contributed by atoms with E-state index in [2.05, 4.69) is 25.2 Å². The summed E-state index contributed by atoms with van der Waals surface area (Å²) in [7, 11) is 0. The molecule has 4 rings (SSSR count). The molecular weight excluding hydrogens is 360 g/mol. The fourth-order valence-corrected chi connectivity index (χ4v) is 4.59. The zero-order chi connectivity index (χ0) is 20.7. The van der Waals surface area contributed by atoms with E-state index < -0.39 is 0 Å². The number of benzene rings is 1. The summed E-state index contributed by atoms with van der Waals surface area (Å²) in [6.45, 7) is 8.37. The van der Waals surface area contributed by atoms with Crippen LogP contribution in [0.25, 0.3) is 16.8 Å². The van der Waals surface area contributed by atoms with E-state index in [1.165, 1.54) is 5.56 Å². The molecule has 0 bridgehead atoms. The fourth-order valence-electron chi connectivity index (χ4n) is 4.59. The minimum absolute atomic E-state index is 0.248. The van der Waals surface area contributed by atoms with Crippen LogP contribution in [-0.4, -0.2) is 20.5 Å². The molecule has 1 aliphatic carbocycles. The van der Waals surface area contributed by atoms with E-state index >= 15 is 0 Å². The van der Waals surface area contributed by atoms with Crippen molar-refractivity contribution in [2.75, 3.05) is 5.32 Å². The molecule has 0 fully saturated rings. The molecule has 150 valence electrons. The maximum absolute atomic E-state index is 10.0. The first-order chi connectivity index (χ1) is 14.0. The predicted molar refractivity (Wildman–Crippen MR) is 116 cm³/mol. The van der Waals surface area contributed by atoms with Crippen LogP contribution < -0.4 is 5.32 Å². The van der Waals surface area contributed by atoms with E-state index in [0.717, 1.165) is 71.5 Å². The number of fused-ring (bicyclic) bond motifs is 2. The maximum atomic E-state index is 10.0. The Labute approximate surface area is 172 Å². The van der Waals surface area contributed by atoms with Gasteiger partial charge in [0.25, 0.3) is 0 Å².